The number of anilines is 2. The number of nitrogen functional groups attached to an aromatic ring is 1. The van der Waals surface area contributed by atoms with E-state index in [4.69, 9.17) is 22.1 Å². The molecule has 0 aliphatic carbocycles. The minimum atomic E-state index is 0.569. The fourth-order valence-electron chi connectivity index (χ4n) is 2.18. The normalized spacial score (nSPS) is 14.5. The van der Waals surface area contributed by atoms with Crippen LogP contribution in [0.25, 0.3) is 0 Å². The van der Waals surface area contributed by atoms with Gasteiger partial charge < -0.3 is 15.4 Å². The molecule has 0 radical (unpaired) electrons. The Morgan fingerprint density at radius 2 is 2.16 bits per heavy atom. The van der Waals surface area contributed by atoms with E-state index >= 15 is 0 Å². The number of nitrogens with two attached hydrogens (primary N) is 1. The molecule has 0 fully saturated rings. The summed E-state index contributed by atoms with van der Waals surface area (Å²) in [4.78, 5) is 6.43. The molecule has 1 aliphatic rings. The van der Waals surface area contributed by atoms with Crippen LogP contribution in [0.15, 0.2) is 36.5 Å². The lowest BCUT2D eigenvalue weighted by atomic mass is 10.2. The van der Waals surface area contributed by atoms with Crippen LogP contribution < -0.4 is 15.4 Å². The van der Waals surface area contributed by atoms with E-state index < -0.39 is 0 Å². The molecule has 1 aromatic heterocycles. The molecular weight excluding hydrogens is 262 g/mol. The standard InChI is InChI=1S/C14H14ClN3O/c15-12-7-11(16)8-17-14(12)18-5-6-19-13-4-2-1-3-10(13)9-18/h1-4,7-8H,5-6,9,16H2. The SMILES string of the molecule is Nc1cnc(N2CCOc3ccccc3C2)c(Cl)c1. The number of ether oxygens (including phenoxy) is 1. The Hall–Kier alpha value is -1.94. The average molecular weight is 276 g/mol. The topological polar surface area (TPSA) is 51.4 Å². The molecule has 0 unspecified atom stereocenters. The summed E-state index contributed by atoms with van der Waals surface area (Å²) in [5.74, 6) is 1.67. The predicted molar refractivity (Wildman–Crippen MR) is 76.6 cm³/mol. The lowest BCUT2D eigenvalue weighted by Crippen LogP contribution is -2.26. The number of pyridine rings is 1. The van der Waals surface area contributed by atoms with Gasteiger partial charge >= 0.3 is 0 Å². The van der Waals surface area contributed by atoms with Gasteiger partial charge in [0.15, 0.2) is 0 Å². The van der Waals surface area contributed by atoms with Crippen molar-refractivity contribution in [1.29, 1.82) is 0 Å². The summed E-state index contributed by atoms with van der Waals surface area (Å²) < 4.78 is 5.73. The van der Waals surface area contributed by atoms with Crippen LogP contribution in [-0.2, 0) is 6.54 Å². The highest BCUT2D eigenvalue weighted by atomic mass is 35.5. The third kappa shape index (κ3) is 2.44. The van der Waals surface area contributed by atoms with Gasteiger partial charge in [0, 0.05) is 12.1 Å². The molecule has 2 N–H and O–H groups in total. The molecule has 0 bridgehead atoms. The molecule has 0 saturated carbocycles. The molecule has 1 aliphatic heterocycles. The second-order valence-electron chi connectivity index (χ2n) is 4.45. The van der Waals surface area contributed by atoms with Crippen molar-refractivity contribution in [2.45, 2.75) is 6.54 Å². The van der Waals surface area contributed by atoms with Crippen LogP contribution in [-0.4, -0.2) is 18.1 Å². The summed E-state index contributed by atoms with van der Waals surface area (Å²) in [7, 11) is 0. The van der Waals surface area contributed by atoms with Gasteiger partial charge in [-0.1, -0.05) is 29.8 Å². The van der Waals surface area contributed by atoms with Crippen LogP contribution in [0.1, 0.15) is 5.56 Å². The summed E-state index contributed by atoms with van der Waals surface area (Å²) in [5.41, 5.74) is 7.38. The first kappa shape index (κ1) is 12.1. The van der Waals surface area contributed by atoms with Crippen LogP contribution in [0.5, 0.6) is 5.75 Å². The summed E-state index contributed by atoms with van der Waals surface area (Å²) in [6, 6.07) is 9.74. The minimum absolute atomic E-state index is 0.569. The number of halogens is 1. The molecule has 4 nitrogen and oxygen atoms in total. The monoisotopic (exact) mass is 275 g/mol. The smallest absolute Gasteiger partial charge is 0.147 e. The van der Waals surface area contributed by atoms with E-state index in [-0.39, 0.29) is 0 Å². The maximum atomic E-state index is 6.22. The first-order valence-electron chi connectivity index (χ1n) is 6.11. The summed E-state index contributed by atoms with van der Waals surface area (Å²) in [6.07, 6.45) is 1.62. The van der Waals surface area contributed by atoms with E-state index in [1.54, 1.807) is 12.3 Å². The van der Waals surface area contributed by atoms with Gasteiger partial charge in [-0.05, 0) is 12.1 Å². The molecule has 1 aromatic carbocycles. The van der Waals surface area contributed by atoms with Crippen molar-refractivity contribution in [3.8, 4) is 5.75 Å². The quantitative estimate of drug-likeness (QED) is 0.869. The van der Waals surface area contributed by atoms with Gasteiger partial charge in [-0.15, -0.1) is 0 Å². The van der Waals surface area contributed by atoms with E-state index in [0.29, 0.717) is 17.3 Å². The molecule has 0 amide bonds. The van der Waals surface area contributed by atoms with Gasteiger partial charge in [0.1, 0.15) is 18.2 Å². The minimum Gasteiger partial charge on any atom is -0.491 e. The third-order valence-corrected chi connectivity index (χ3v) is 3.37. The first-order valence-corrected chi connectivity index (χ1v) is 6.48. The van der Waals surface area contributed by atoms with Crippen LogP contribution in [0.2, 0.25) is 5.02 Å². The molecule has 3 rings (SSSR count). The number of para-hydroxylation sites is 1. The van der Waals surface area contributed by atoms with Crippen molar-refractivity contribution >= 4 is 23.1 Å². The van der Waals surface area contributed by atoms with Gasteiger partial charge in [0.2, 0.25) is 0 Å². The summed E-state index contributed by atoms with van der Waals surface area (Å²) in [6.45, 7) is 2.08. The lowest BCUT2D eigenvalue weighted by Gasteiger charge is -2.22. The van der Waals surface area contributed by atoms with E-state index in [1.807, 2.05) is 18.2 Å². The maximum absolute atomic E-state index is 6.22. The first-order chi connectivity index (χ1) is 9.24. The molecular formula is C14H14ClN3O. The second kappa shape index (κ2) is 4.97. The molecule has 0 atom stereocenters. The highest BCUT2D eigenvalue weighted by Crippen LogP contribution is 2.29. The molecule has 0 saturated heterocycles. The molecule has 2 aromatic rings. The second-order valence-corrected chi connectivity index (χ2v) is 4.86. The Balaban J connectivity index is 1.94. The number of rotatable bonds is 1. The van der Waals surface area contributed by atoms with E-state index in [0.717, 1.165) is 30.2 Å². The van der Waals surface area contributed by atoms with Crippen LogP contribution >= 0.6 is 11.6 Å². The van der Waals surface area contributed by atoms with E-state index in [9.17, 15) is 0 Å². The van der Waals surface area contributed by atoms with Crippen molar-refractivity contribution in [2.75, 3.05) is 23.8 Å². The number of nitrogens with zero attached hydrogens (tertiary/aromatic N) is 2. The average Bonchev–Trinajstić information content (AvgIpc) is 2.60. The van der Waals surface area contributed by atoms with Crippen molar-refractivity contribution in [3.05, 3.63) is 47.1 Å². The van der Waals surface area contributed by atoms with Crippen molar-refractivity contribution < 1.29 is 4.74 Å². The molecule has 98 valence electrons. The zero-order valence-electron chi connectivity index (χ0n) is 10.3. The van der Waals surface area contributed by atoms with Crippen molar-refractivity contribution in [3.63, 3.8) is 0 Å². The fraction of sp³-hybridized carbons (Fsp3) is 0.214. The molecule has 0 spiro atoms. The maximum Gasteiger partial charge on any atom is 0.147 e. The highest BCUT2D eigenvalue weighted by Gasteiger charge is 2.18. The predicted octanol–water partition coefficient (Wildman–Crippen LogP) is 2.72. The summed E-state index contributed by atoms with van der Waals surface area (Å²) >= 11 is 6.22. The fourth-order valence-corrected chi connectivity index (χ4v) is 2.48. The molecule has 19 heavy (non-hydrogen) atoms. The molecule has 2 heterocycles. The number of benzene rings is 1. The lowest BCUT2D eigenvalue weighted by molar-refractivity contribution is 0.331. The Kier molecular flexibility index (Phi) is 3.17. The van der Waals surface area contributed by atoms with Gasteiger partial charge in [0.05, 0.1) is 23.5 Å². The Morgan fingerprint density at radius 1 is 1.32 bits per heavy atom. The highest BCUT2D eigenvalue weighted by molar-refractivity contribution is 6.33. The number of aromatic nitrogens is 1. The van der Waals surface area contributed by atoms with Gasteiger partial charge in [-0.3, -0.25) is 0 Å². The van der Waals surface area contributed by atoms with Crippen LogP contribution in [0.4, 0.5) is 11.5 Å². The third-order valence-electron chi connectivity index (χ3n) is 3.10. The van der Waals surface area contributed by atoms with Crippen LogP contribution in [0, 0.1) is 0 Å². The Bertz CT molecular complexity index is 603. The number of fused-ring (bicyclic) bond motifs is 1. The largest absolute Gasteiger partial charge is 0.491 e. The zero-order chi connectivity index (χ0) is 13.2. The van der Waals surface area contributed by atoms with Gasteiger partial charge in [-0.2, -0.15) is 0 Å². The van der Waals surface area contributed by atoms with Gasteiger partial charge in [-0.25, -0.2) is 4.98 Å². The Labute approximate surface area is 116 Å². The zero-order valence-corrected chi connectivity index (χ0v) is 11.1. The van der Waals surface area contributed by atoms with Gasteiger partial charge in [0.25, 0.3) is 0 Å². The molecule has 5 heteroatoms. The van der Waals surface area contributed by atoms with Crippen molar-refractivity contribution in [2.24, 2.45) is 0 Å². The van der Waals surface area contributed by atoms with E-state index in [1.165, 1.54) is 0 Å². The van der Waals surface area contributed by atoms with E-state index in [2.05, 4.69) is 16.0 Å². The number of hydrogen-bond acceptors (Lipinski definition) is 4. The van der Waals surface area contributed by atoms with Crippen LogP contribution in [0.3, 0.4) is 0 Å². The Morgan fingerprint density at radius 3 is 3.00 bits per heavy atom. The number of hydrogen-bond donors (Lipinski definition) is 1. The van der Waals surface area contributed by atoms with Crippen molar-refractivity contribution in [1.82, 2.24) is 4.98 Å². The summed E-state index contributed by atoms with van der Waals surface area (Å²) in [5, 5.41) is 0.569.